The van der Waals surface area contributed by atoms with Gasteiger partial charge in [-0.15, -0.1) is 0 Å². The fourth-order valence-corrected chi connectivity index (χ4v) is 4.78. The number of sulfone groups is 1. The lowest BCUT2D eigenvalue weighted by molar-refractivity contribution is 0.102. The van der Waals surface area contributed by atoms with Gasteiger partial charge in [0.2, 0.25) is 5.95 Å². The van der Waals surface area contributed by atoms with Crippen molar-refractivity contribution < 1.29 is 17.9 Å². The predicted octanol–water partition coefficient (Wildman–Crippen LogP) is 4.08. The number of benzene rings is 2. The van der Waals surface area contributed by atoms with Crippen molar-refractivity contribution in [2.24, 2.45) is 0 Å². The van der Waals surface area contributed by atoms with Crippen molar-refractivity contribution in [1.29, 1.82) is 0 Å². The number of carbonyl (C=O) groups is 1. The molecule has 2 aromatic carbocycles. The molecule has 0 spiro atoms. The van der Waals surface area contributed by atoms with Gasteiger partial charge < -0.3 is 20.3 Å². The smallest absolute Gasteiger partial charge is 0.255 e. The van der Waals surface area contributed by atoms with Crippen LogP contribution in [0.25, 0.3) is 11.3 Å². The number of carbonyl (C=O) groups excluding carboxylic acids is 1. The minimum atomic E-state index is -3.33. The quantitative estimate of drug-likeness (QED) is 0.354. The summed E-state index contributed by atoms with van der Waals surface area (Å²) in [6, 6.07) is 15.2. The topological polar surface area (TPSA) is 126 Å². The van der Waals surface area contributed by atoms with Crippen molar-refractivity contribution >= 4 is 38.8 Å². The molecule has 0 unspecified atom stereocenters. The van der Waals surface area contributed by atoms with E-state index < -0.39 is 9.84 Å². The Hall–Kier alpha value is -4.35. The van der Waals surface area contributed by atoms with Crippen LogP contribution in [0.3, 0.4) is 0 Å². The van der Waals surface area contributed by atoms with Gasteiger partial charge in [-0.2, -0.15) is 0 Å². The van der Waals surface area contributed by atoms with Crippen molar-refractivity contribution in [3.8, 4) is 11.3 Å². The molecule has 4 aromatic rings. The van der Waals surface area contributed by atoms with Crippen molar-refractivity contribution in [2.75, 3.05) is 48.1 Å². The summed E-state index contributed by atoms with van der Waals surface area (Å²) in [5.74, 6) is 0.0583. The van der Waals surface area contributed by atoms with Crippen LogP contribution >= 0.6 is 0 Å². The number of morpholine rings is 1. The van der Waals surface area contributed by atoms with Gasteiger partial charge in [0, 0.05) is 54.2 Å². The summed E-state index contributed by atoms with van der Waals surface area (Å²) >= 11 is 0. The van der Waals surface area contributed by atoms with Gasteiger partial charge in [0.1, 0.15) is 0 Å². The van der Waals surface area contributed by atoms with E-state index in [9.17, 15) is 13.2 Å². The fourth-order valence-electron chi connectivity index (χ4n) is 4.15. The Kier molecular flexibility index (Phi) is 7.53. The zero-order chi connectivity index (χ0) is 27.4. The second-order valence-electron chi connectivity index (χ2n) is 9.20. The molecule has 1 fully saturated rings. The standard InChI is InChI=1S/C28H28N6O4S/c1-19-3-6-22(31-27(35)20-4-7-24(8-5-20)39(2,36)37)16-26(19)33-28-30-10-9-25(32-28)21-15-23(18-29-17-21)34-11-13-38-14-12-34/h3-10,15-18H,11-14H2,1-2H3,(H,31,35)(H,30,32,33). The zero-order valence-corrected chi connectivity index (χ0v) is 22.4. The minimum Gasteiger partial charge on any atom is -0.378 e. The highest BCUT2D eigenvalue weighted by atomic mass is 32.2. The molecule has 2 N–H and O–H groups in total. The highest BCUT2D eigenvalue weighted by molar-refractivity contribution is 7.90. The second-order valence-corrected chi connectivity index (χ2v) is 11.2. The first-order valence-corrected chi connectivity index (χ1v) is 14.3. The first kappa shape index (κ1) is 26.3. The number of aryl methyl sites for hydroxylation is 1. The van der Waals surface area contributed by atoms with Crippen LogP contribution in [0.15, 0.2) is 78.1 Å². The number of amides is 1. The fraction of sp³-hybridized carbons (Fsp3) is 0.214. The number of ether oxygens (including phenoxy) is 1. The van der Waals surface area contributed by atoms with E-state index in [4.69, 9.17) is 4.74 Å². The van der Waals surface area contributed by atoms with Crippen LogP contribution in [0.4, 0.5) is 23.0 Å². The number of anilines is 4. The molecule has 1 amide bonds. The largest absolute Gasteiger partial charge is 0.378 e. The van der Waals surface area contributed by atoms with Gasteiger partial charge in [0.25, 0.3) is 5.91 Å². The highest BCUT2D eigenvalue weighted by Gasteiger charge is 2.14. The van der Waals surface area contributed by atoms with Crippen molar-refractivity contribution in [1.82, 2.24) is 15.0 Å². The molecule has 11 heteroatoms. The van der Waals surface area contributed by atoms with Gasteiger partial charge >= 0.3 is 0 Å². The molecular weight excluding hydrogens is 516 g/mol. The molecule has 1 saturated heterocycles. The lowest BCUT2D eigenvalue weighted by Gasteiger charge is -2.28. The molecule has 1 aliphatic heterocycles. The average molecular weight is 545 g/mol. The summed E-state index contributed by atoms with van der Waals surface area (Å²) < 4.78 is 28.8. The molecule has 10 nitrogen and oxygen atoms in total. The van der Waals surface area contributed by atoms with E-state index in [0.717, 1.165) is 47.5 Å². The Labute approximate surface area is 227 Å². The first-order valence-electron chi connectivity index (χ1n) is 12.4. The Balaban J connectivity index is 1.32. The number of nitrogens with one attached hydrogen (secondary N) is 2. The first-order chi connectivity index (χ1) is 18.8. The minimum absolute atomic E-state index is 0.159. The zero-order valence-electron chi connectivity index (χ0n) is 21.6. The molecule has 2 aromatic heterocycles. The maximum absolute atomic E-state index is 12.8. The maximum Gasteiger partial charge on any atom is 0.255 e. The van der Waals surface area contributed by atoms with Gasteiger partial charge in [0.05, 0.1) is 35.7 Å². The lowest BCUT2D eigenvalue weighted by Crippen LogP contribution is -2.36. The second kappa shape index (κ2) is 11.2. The van der Waals surface area contributed by atoms with Crippen molar-refractivity contribution in [3.63, 3.8) is 0 Å². The molecule has 200 valence electrons. The Bertz CT molecular complexity index is 1600. The Morgan fingerprint density at radius 1 is 1.00 bits per heavy atom. The summed E-state index contributed by atoms with van der Waals surface area (Å²) in [5, 5.41) is 6.10. The van der Waals surface area contributed by atoms with Crippen LogP contribution in [-0.4, -0.2) is 61.8 Å². The normalized spacial score (nSPS) is 13.6. The Morgan fingerprint density at radius 2 is 1.77 bits per heavy atom. The van der Waals surface area contributed by atoms with E-state index in [1.54, 1.807) is 24.5 Å². The number of hydrogen-bond donors (Lipinski definition) is 2. The van der Waals surface area contributed by atoms with Gasteiger partial charge in [-0.1, -0.05) is 6.07 Å². The number of pyridine rings is 1. The highest BCUT2D eigenvalue weighted by Crippen LogP contribution is 2.26. The average Bonchev–Trinajstić information content (AvgIpc) is 2.95. The molecule has 39 heavy (non-hydrogen) atoms. The SMILES string of the molecule is Cc1ccc(NC(=O)c2ccc(S(C)(=O)=O)cc2)cc1Nc1nccc(-c2cncc(N3CCOCC3)c2)n1. The molecule has 5 rings (SSSR count). The number of nitrogens with zero attached hydrogens (tertiary/aromatic N) is 4. The van der Waals surface area contributed by atoms with E-state index in [-0.39, 0.29) is 10.8 Å². The number of hydrogen-bond acceptors (Lipinski definition) is 9. The molecule has 0 atom stereocenters. The van der Waals surface area contributed by atoms with Gasteiger partial charge in [-0.3, -0.25) is 9.78 Å². The molecular formula is C28H28N6O4S. The van der Waals surface area contributed by atoms with E-state index in [1.165, 1.54) is 24.3 Å². The predicted molar refractivity (Wildman–Crippen MR) is 150 cm³/mol. The summed E-state index contributed by atoms with van der Waals surface area (Å²) in [6.07, 6.45) is 6.44. The third kappa shape index (κ3) is 6.39. The van der Waals surface area contributed by atoms with Crippen molar-refractivity contribution in [3.05, 3.63) is 84.3 Å². The van der Waals surface area contributed by atoms with Gasteiger partial charge in [0.15, 0.2) is 9.84 Å². The summed E-state index contributed by atoms with van der Waals surface area (Å²) in [4.78, 5) is 28.6. The molecule has 0 saturated carbocycles. The van der Waals surface area contributed by atoms with Crippen LogP contribution in [0.2, 0.25) is 0 Å². The van der Waals surface area contributed by atoms with Crippen LogP contribution in [0.5, 0.6) is 0 Å². The molecule has 3 heterocycles. The van der Waals surface area contributed by atoms with E-state index in [0.29, 0.717) is 30.4 Å². The molecule has 0 bridgehead atoms. The maximum atomic E-state index is 12.8. The van der Waals surface area contributed by atoms with E-state index in [1.807, 2.05) is 25.3 Å². The Morgan fingerprint density at radius 3 is 2.51 bits per heavy atom. The van der Waals surface area contributed by atoms with Gasteiger partial charge in [-0.25, -0.2) is 18.4 Å². The molecule has 0 radical (unpaired) electrons. The third-order valence-electron chi connectivity index (χ3n) is 6.34. The van der Waals surface area contributed by atoms with E-state index in [2.05, 4.69) is 36.6 Å². The monoisotopic (exact) mass is 544 g/mol. The molecule has 1 aliphatic rings. The van der Waals surface area contributed by atoms with Gasteiger partial charge in [-0.05, 0) is 61.0 Å². The molecule has 0 aliphatic carbocycles. The summed E-state index contributed by atoms with van der Waals surface area (Å²) in [5.41, 5.74) is 5.22. The lowest BCUT2D eigenvalue weighted by atomic mass is 10.1. The summed E-state index contributed by atoms with van der Waals surface area (Å²) in [7, 11) is -3.33. The number of aromatic nitrogens is 3. The third-order valence-corrected chi connectivity index (χ3v) is 7.47. The van der Waals surface area contributed by atoms with Crippen LogP contribution in [-0.2, 0) is 14.6 Å². The summed E-state index contributed by atoms with van der Waals surface area (Å²) in [6.45, 7) is 4.97. The van der Waals surface area contributed by atoms with Crippen LogP contribution < -0.4 is 15.5 Å². The van der Waals surface area contributed by atoms with E-state index >= 15 is 0 Å². The van der Waals surface area contributed by atoms with Crippen molar-refractivity contribution in [2.45, 2.75) is 11.8 Å². The van der Waals surface area contributed by atoms with Crippen LogP contribution in [0, 0.1) is 6.92 Å². The van der Waals surface area contributed by atoms with Crippen LogP contribution in [0.1, 0.15) is 15.9 Å². The number of rotatable bonds is 7.